The maximum atomic E-state index is 13.1. The first-order valence-corrected chi connectivity index (χ1v) is 11.5. The SMILES string of the molecule is Cc1ccc(C2CC(c3ccccc3)n3nc(N4C(=O)C5CC=CCC5C4=O)nc3N2)cc1. The molecule has 2 aromatic carbocycles. The lowest BCUT2D eigenvalue weighted by molar-refractivity contribution is -0.122. The smallest absolute Gasteiger partial charge is 0.260 e. The topological polar surface area (TPSA) is 80.1 Å². The predicted octanol–water partition coefficient (Wildman–Crippen LogP) is 4.19. The molecule has 2 amide bonds. The number of fused-ring (bicyclic) bond motifs is 2. The molecule has 2 aliphatic heterocycles. The normalized spacial score (nSPS) is 26.2. The van der Waals surface area contributed by atoms with E-state index in [1.54, 1.807) is 0 Å². The van der Waals surface area contributed by atoms with Crippen LogP contribution in [0.15, 0.2) is 66.7 Å². The minimum atomic E-state index is -0.304. The fraction of sp³-hybridized carbons (Fsp3) is 0.308. The first-order valence-electron chi connectivity index (χ1n) is 11.5. The molecular weight excluding hydrogens is 414 g/mol. The number of imide groups is 1. The first-order chi connectivity index (χ1) is 16.1. The van der Waals surface area contributed by atoms with E-state index >= 15 is 0 Å². The van der Waals surface area contributed by atoms with Crippen LogP contribution < -0.4 is 10.2 Å². The van der Waals surface area contributed by atoms with Crippen molar-refractivity contribution in [3.8, 4) is 0 Å². The van der Waals surface area contributed by atoms with Crippen LogP contribution >= 0.6 is 0 Å². The Labute approximate surface area is 192 Å². The highest BCUT2D eigenvalue weighted by Gasteiger charge is 2.49. The summed E-state index contributed by atoms with van der Waals surface area (Å²) in [6.07, 6.45) is 5.95. The number of nitrogens with zero attached hydrogens (tertiary/aromatic N) is 4. The summed E-state index contributed by atoms with van der Waals surface area (Å²) in [5, 5.41) is 8.19. The Morgan fingerprint density at radius 2 is 1.55 bits per heavy atom. The standard InChI is InChI=1S/C26H25N5O2/c1-16-11-13-17(14-12-16)21-15-22(18-7-3-2-4-8-18)31-25(27-21)28-26(29-31)30-23(32)19-9-5-6-10-20(19)24(30)33/h2-8,11-14,19-22H,9-10,15H2,1H3,(H,27,28,29). The van der Waals surface area contributed by atoms with Gasteiger partial charge in [0.25, 0.3) is 5.95 Å². The molecule has 1 aromatic heterocycles. The van der Waals surface area contributed by atoms with Crippen LogP contribution in [0.2, 0.25) is 0 Å². The van der Waals surface area contributed by atoms with Gasteiger partial charge in [-0.2, -0.15) is 4.98 Å². The second-order valence-electron chi connectivity index (χ2n) is 9.12. The molecule has 4 atom stereocenters. The van der Waals surface area contributed by atoms with Crippen molar-refractivity contribution in [2.45, 2.75) is 38.3 Å². The molecule has 0 bridgehead atoms. The molecule has 3 heterocycles. The fourth-order valence-electron chi connectivity index (χ4n) is 5.23. The van der Waals surface area contributed by atoms with Crippen molar-refractivity contribution in [3.63, 3.8) is 0 Å². The lowest BCUT2D eigenvalue weighted by Crippen LogP contribution is -2.32. The summed E-state index contributed by atoms with van der Waals surface area (Å²) in [4.78, 5) is 32.1. The number of hydrogen-bond donors (Lipinski definition) is 1. The van der Waals surface area contributed by atoms with E-state index in [4.69, 9.17) is 5.10 Å². The molecule has 0 radical (unpaired) electrons. The van der Waals surface area contributed by atoms with Crippen LogP contribution in [0.25, 0.3) is 0 Å². The minimum Gasteiger partial charge on any atom is -0.347 e. The van der Waals surface area contributed by atoms with Gasteiger partial charge >= 0.3 is 0 Å². The maximum absolute atomic E-state index is 13.1. The summed E-state index contributed by atoms with van der Waals surface area (Å²) in [7, 11) is 0. The average molecular weight is 440 g/mol. The molecule has 7 nitrogen and oxygen atoms in total. The number of rotatable bonds is 3. The van der Waals surface area contributed by atoms with Gasteiger partial charge in [-0.3, -0.25) is 9.59 Å². The average Bonchev–Trinajstić information content (AvgIpc) is 3.38. The predicted molar refractivity (Wildman–Crippen MR) is 125 cm³/mol. The van der Waals surface area contributed by atoms with E-state index in [-0.39, 0.29) is 41.7 Å². The Kier molecular flexibility index (Phi) is 4.64. The van der Waals surface area contributed by atoms with Gasteiger partial charge in [0.15, 0.2) is 0 Å². The van der Waals surface area contributed by atoms with Crippen molar-refractivity contribution in [1.82, 2.24) is 14.8 Å². The van der Waals surface area contributed by atoms with Crippen LogP contribution in [-0.2, 0) is 9.59 Å². The van der Waals surface area contributed by atoms with E-state index in [0.29, 0.717) is 18.8 Å². The molecule has 4 unspecified atom stereocenters. The Morgan fingerprint density at radius 3 is 2.21 bits per heavy atom. The van der Waals surface area contributed by atoms with Crippen LogP contribution in [0.5, 0.6) is 0 Å². The molecular formula is C26H25N5O2. The molecule has 7 heteroatoms. The van der Waals surface area contributed by atoms with E-state index in [1.807, 2.05) is 35.0 Å². The Bertz CT molecular complexity index is 1220. The molecule has 1 saturated heterocycles. The molecule has 33 heavy (non-hydrogen) atoms. The number of allylic oxidation sites excluding steroid dienone is 2. The summed E-state index contributed by atoms with van der Waals surface area (Å²) in [6, 6.07) is 18.6. The van der Waals surface area contributed by atoms with Gasteiger partial charge in [-0.1, -0.05) is 72.3 Å². The Hall–Kier alpha value is -3.74. The van der Waals surface area contributed by atoms with Crippen molar-refractivity contribution in [3.05, 3.63) is 83.4 Å². The number of aromatic nitrogens is 3. The van der Waals surface area contributed by atoms with Gasteiger partial charge < -0.3 is 5.32 Å². The van der Waals surface area contributed by atoms with E-state index in [0.717, 1.165) is 12.0 Å². The van der Waals surface area contributed by atoms with Crippen molar-refractivity contribution in [2.24, 2.45) is 11.8 Å². The molecule has 1 N–H and O–H groups in total. The van der Waals surface area contributed by atoms with E-state index < -0.39 is 0 Å². The molecule has 1 aliphatic carbocycles. The van der Waals surface area contributed by atoms with Crippen LogP contribution in [0.1, 0.15) is 48.0 Å². The number of anilines is 2. The second kappa shape index (κ2) is 7.69. The number of aryl methyl sites for hydroxylation is 1. The monoisotopic (exact) mass is 439 g/mol. The van der Waals surface area contributed by atoms with Gasteiger partial charge in [0.1, 0.15) is 0 Å². The quantitative estimate of drug-likeness (QED) is 0.489. The van der Waals surface area contributed by atoms with Crippen LogP contribution in [0.4, 0.5) is 11.9 Å². The molecule has 3 aromatic rings. The number of nitrogens with one attached hydrogen (secondary N) is 1. The second-order valence-corrected chi connectivity index (χ2v) is 9.12. The van der Waals surface area contributed by atoms with E-state index in [1.165, 1.54) is 16.0 Å². The van der Waals surface area contributed by atoms with Crippen LogP contribution in [0.3, 0.4) is 0 Å². The van der Waals surface area contributed by atoms with Crippen molar-refractivity contribution in [2.75, 3.05) is 10.2 Å². The third-order valence-corrected chi connectivity index (χ3v) is 7.05. The highest BCUT2D eigenvalue weighted by Crippen LogP contribution is 2.41. The minimum absolute atomic E-state index is 0.0390. The number of hydrogen-bond acceptors (Lipinski definition) is 5. The largest absolute Gasteiger partial charge is 0.347 e. The fourth-order valence-corrected chi connectivity index (χ4v) is 5.23. The molecule has 3 aliphatic rings. The van der Waals surface area contributed by atoms with Gasteiger partial charge in [0.05, 0.1) is 23.9 Å². The van der Waals surface area contributed by atoms with Crippen LogP contribution in [0, 0.1) is 18.8 Å². The lowest BCUT2D eigenvalue weighted by atomic mass is 9.85. The summed E-state index contributed by atoms with van der Waals surface area (Å²) >= 11 is 0. The van der Waals surface area contributed by atoms with Gasteiger partial charge in [-0.05, 0) is 37.3 Å². The van der Waals surface area contributed by atoms with E-state index in [2.05, 4.69) is 53.6 Å². The third-order valence-electron chi connectivity index (χ3n) is 7.05. The Morgan fingerprint density at radius 1 is 0.879 bits per heavy atom. The summed E-state index contributed by atoms with van der Waals surface area (Å²) in [5.41, 5.74) is 3.50. The van der Waals surface area contributed by atoms with Crippen molar-refractivity contribution < 1.29 is 9.59 Å². The summed E-state index contributed by atoms with van der Waals surface area (Å²) < 4.78 is 1.83. The zero-order chi connectivity index (χ0) is 22.5. The zero-order valence-electron chi connectivity index (χ0n) is 18.4. The van der Waals surface area contributed by atoms with Gasteiger partial charge in [-0.25, -0.2) is 9.58 Å². The summed E-state index contributed by atoms with van der Waals surface area (Å²) in [5.74, 6) is -0.244. The molecule has 6 rings (SSSR count). The lowest BCUT2D eigenvalue weighted by Gasteiger charge is -2.31. The number of carbonyl (C=O) groups excluding carboxylic acids is 2. The highest BCUT2D eigenvalue weighted by atomic mass is 16.2. The number of carbonyl (C=O) groups is 2. The first kappa shape index (κ1) is 19.9. The van der Waals surface area contributed by atoms with E-state index in [9.17, 15) is 9.59 Å². The number of benzene rings is 2. The molecule has 1 fully saturated rings. The van der Waals surface area contributed by atoms with Crippen LogP contribution in [-0.4, -0.2) is 26.6 Å². The van der Waals surface area contributed by atoms with Gasteiger partial charge in [0, 0.05) is 0 Å². The Balaban J connectivity index is 1.40. The third kappa shape index (κ3) is 3.26. The van der Waals surface area contributed by atoms with Crippen molar-refractivity contribution >= 4 is 23.7 Å². The molecule has 0 saturated carbocycles. The molecule has 166 valence electrons. The van der Waals surface area contributed by atoms with Crippen molar-refractivity contribution in [1.29, 1.82) is 0 Å². The number of amides is 2. The van der Waals surface area contributed by atoms with Gasteiger partial charge in [-0.15, -0.1) is 5.10 Å². The maximum Gasteiger partial charge on any atom is 0.260 e. The summed E-state index contributed by atoms with van der Waals surface area (Å²) in [6.45, 7) is 2.07. The van der Waals surface area contributed by atoms with Gasteiger partial charge in [0.2, 0.25) is 17.8 Å². The molecule has 0 spiro atoms. The highest BCUT2D eigenvalue weighted by molar-refractivity contribution is 6.21. The zero-order valence-corrected chi connectivity index (χ0v) is 18.4.